The van der Waals surface area contributed by atoms with Crippen LogP contribution >= 0.6 is 34.5 Å². The summed E-state index contributed by atoms with van der Waals surface area (Å²) in [5.74, 6) is 0.622. The first-order valence-corrected chi connectivity index (χ1v) is 11.4. The molecule has 0 fully saturated rings. The molecule has 0 amide bonds. The highest BCUT2D eigenvalue weighted by Crippen LogP contribution is 2.46. The second-order valence-corrected chi connectivity index (χ2v) is 9.29. The Morgan fingerprint density at radius 2 is 1.94 bits per heavy atom. The maximum absolute atomic E-state index is 13.5. The van der Waals surface area contributed by atoms with Crippen LogP contribution in [0.25, 0.3) is 37.1 Å². The first-order valence-electron chi connectivity index (χ1n) is 9.79. The molecular weight excluding hydrogens is 469 g/mol. The summed E-state index contributed by atoms with van der Waals surface area (Å²) in [6, 6.07) is 10.9. The first kappa shape index (κ1) is 19.5. The van der Waals surface area contributed by atoms with E-state index in [1.165, 1.54) is 17.5 Å². The number of H-pyrrole nitrogens is 1. The van der Waals surface area contributed by atoms with E-state index < -0.39 is 11.2 Å². The van der Waals surface area contributed by atoms with Gasteiger partial charge in [-0.1, -0.05) is 47.5 Å². The molecule has 5 aromatic rings. The molecule has 9 heteroatoms. The third kappa shape index (κ3) is 2.82. The van der Waals surface area contributed by atoms with E-state index >= 15 is 0 Å². The zero-order valence-corrected chi connectivity index (χ0v) is 18.6. The van der Waals surface area contributed by atoms with Gasteiger partial charge in [-0.15, -0.1) is 11.3 Å². The minimum atomic E-state index is -0.527. The molecule has 3 aromatic heterocycles. The number of rotatable bonds is 2. The maximum atomic E-state index is 13.5. The van der Waals surface area contributed by atoms with Gasteiger partial charge in [-0.3, -0.25) is 9.78 Å². The number of pyridine rings is 1. The van der Waals surface area contributed by atoms with Crippen molar-refractivity contribution >= 4 is 55.5 Å². The lowest BCUT2D eigenvalue weighted by Gasteiger charge is -2.09. The highest BCUT2D eigenvalue weighted by Gasteiger charge is 2.25. The number of hydrogen-bond acceptors (Lipinski definition) is 5. The van der Waals surface area contributed by atoms with E-state index in [0.29, 0.717) is 44.7 Å². The average molecular weight is 482 g/mol. The molecule has 1 aliphatic rings. The average Bonchev–Trinajstić information content (AvgIpc) is 3.42. The van der Waals surface area contributed by atoms with Crippen molar-refractivity contribution in [3.05, 3.63) is 85.2 Å². The second kappa shape index (κ2) is 7.20. The van der Waals surface area contributed by atoms with E-state index in [1.54, 1.807) is 18.3 Å². The summed E-state index contributed by atoms with van der Waals surface area (Å²) >= 11 is 14.1. The van der Waals surface area contributed by atoms with Gasteiger partial charge in [-0.25, -0.2) is 9.36 Å². The van der Waals surface area contributed by atoms with Gasteiger partial charge in [0.15, 0.2) is 0 Å². The van der Waals surface area contributed by atoms with Gasteiger partial charge in [0.2, 0.25) is 0 Å². The van der Waals surface area contributed by atoms with Gasteiger partial charge in [0.05, 0.1) is 34.1 Å². The quantitative estimate of drug-likeness (QED) is 0.376. The molecular formula is C23H13Cl2N3O3S. The first-order chi connectivity index (χ1) is 15.5. The molecule has 0 atom stereocenters. The van der Waals surface area contributed by atoms with E-state index in [4.69, 9.17) is 27.9 Å². The Morgan fingerprint density at radius 3 is 2.81 bits per heavy atom. The molecule has 32 heavy (non-hydrogen) atoms. The largest absolute Gasteiger partial charge is 0.491 e. The molecule has 0 spiro atoms. The molecule has 4 heterocycles. The van der Waals surface area contributed by atoms with Gasteiger partial charge >= 0.3 is 5.69 Å². The molecule has 0 unspecified atom stereocenters. The molecule has 0 bridgehead atoms. The fourth-order valence-electron chi connectivity index (χ4n) is 4.20. The predicted molar refractivity (Wildman–Crippen MR) is 128 cm³/mol. The Kier molecular flexibility index (Phi) is 4.40. The van der Waals surface area contributed by atoms with E-state index in [0.717, 1.165) is 31.3 Å². The summed E-state index contributed by atoms with van der Waals surface area (Å²) in [5.41, 5.74) is 1.66. The van der Waals surface area contributed by atoms with Gasteiger partial charge in [-0.05, 0) is 12.1 Å². The van der Waals surface area contributed by atoms with Crippen molar-refractivity contribution in [1.29, 1.82) is 0 Å². The number of aromatic amines is 1. The van der Waals surface area contributed by atoms with E-state index in [1.807, 2.05) is 24.3 Å². The molecule has 1 N–H and O–H groups in total. The van der Waals surface area contributed by atoms with Crippen LogP contribution in [0.4, 0.5) is 0 Å². The number of ether oxygens (including phenoxy) is 1. The number of thiophene rings is 1. The van der Waals surface area contributed by atoms with Gasteiger partial charge in [0.25, 0.3) is 5.56 Å². The number of fused-ring (bicyclic) bond motifs is 3. The Bertz CT molecular complexity index is 1680. The van der Waals surface area contributed by atoms with Crippen LogP contribution in [0.2, 0.25) is 10.0 Å². The third-order valence-corrected chi connectivity index (χ3v) is 7.31. The van der Waals surface area contributed by atoms with Gasteiger partial charge < -0.3 is 9.72 Å². The SMILES string of the molecule is O=c1[nH]c2cc(-c3c(Cl)cc(Cl)c4c3CCO4)sc2c(=O)n1-c1cncc2ccccc12. The van der Waals surface area contributed by atoms with E-state index in [9.17, 15) is 9.59 Å². The molecule has 1 aliphatic heterocycles. The number of benzene rings is 2. The van der Waals surface area contributed by atoms with Crippen LogP contribution in [0.5, 0.6) is 5.75 Å². The monoisotopic (exact) mass is 481 g/mol. The summed E-state index contributed by atoms with van der Waals surface area (Å²) in [5, 5.41) is 2.55. The number of nitrogens with one attached hydrogen (secondary N) is 1. The normalized spacial score (nSPS) is 12.9. The molecule has 2 aromatic carbocycles. The lowest BCUT2D eigenvalue weighted by molar-refractivity contribution is 0.357. The molecule has 0 saturated heterocycles. The van der Waals surface area contributed by atoms with Crippen LogP contribution < -0.4 is 16.0 Å². The number of halogens is 2. The summed E-state index contributed by atoms with van der Waals surface area (Å²) in [4.78, 5) is 34.2. The van der Waals surface area contributed by atoms with Crippen molar-refractivity contribution in [1.82, 2.24) is 14.5 Å². The fraction of sp³-hybridized carbons (Fsp3) is 0.0870. The van der Waals surface area contributed by atoms with Gasteiger partial charge in [-0.2, -0.15) is 0 Å². The molecule has 6 rings (SSSR count). The Morgan fingerprint density at radius 1 is 1.09 bits per heavy atom. The van der Waals surface area contributed by atoms with Crippen LogP contribution in [0, 0.1) is 0 Å². The second-order valence-electron chi connectivity index (χ2n) is 7.43. The van der Waals surface area contributed by atoms with Crippen LogP contribution in [0.3, 0.4) is 0 Å². The zero-order valence-electron chi connectivity index (χ0n) is 16.3. The van der Waals surface area contributed by atoms with Crippen LogP contribution in [-0.2, 0) is 6.42 Å². The Balaban J connectivity index is 1.62. The molecule has 6 nitrogen and oxygen atoms in total. The Hall–Kier alpha value is -3.13. The van der Waals surface area contributed by atoms with Crippen molar-refractivity contribution in [2.45, 2.75) is 6.42 Å². The topological polar surface area (TPSA) is 77.0 Å². The highest BCUT2D eigenvalue weighted by molar-refractivity contribution is 7.22. The van der Waals surface area contributed by atoms with E-state index in [2.05, 4.69) is 9.97 Å². The van der Waals surface area contributed by atoms with Crippen molar-refractivity contribution < 1.29 is 4.74 Å². The van der Waals surface area contributed by atoms with Crippen molar-refractivity contribution in [2.75, 3.05) is 6.61 Å². The number of aromatic nitrogens is 3. The van der Waals surface area contributed by atoms with Gasteiger partial charge in [0.1, 0.15) is 10.4 Å². The summed E-state index contributed by atoms with van der Waals surface area (Å²) in [6.07, 6.45) is 3.90. The lowest BCUT2D eigenvalue weighted by Crippen LogP contribution is -2.33. The van der Waals surface area contributed by atoms with Crippen molar-refractivity contribution in [2.24, 2.45) is 0 Å². The standard InChI is InChI=1S/C23H13Cl2N3O3S/c24-14-7-15(25)20-13(5-6-31-20)19(14)18-8-16-21(32-18)22(29)28(23(30)27-16)17-10-26-9-11-3-1-2-4-12(11)17/h1-4,7-10H,5-6H2,(H,27,30). The van der Waals surface area contributed by atoms with Crippen LogP contribution in [0.15, 0.2) is 58.4 Å². The van der Waals surface area contributed by atoms with Crippen LogP contribution in [0.1, 0.15) is 5.56 Å². The summed E-state index contributed by atoms with van der Waals surface area (Å²) < 4.78 is 7.22. The highest BCUT2D eigenvalue weighted by atomic mass is 35.5. The zero-order chi connectivity index (χ0) is 22.0. The fourth-order valence-corrected chi connectivity index (χ4v) is 6.04. The predicted octanol–water partition coefficient (Wildman–Crippen LogP) is 5.20. The minimum Gasteiger partial charge on any atom is -0.491 e. The molecule has 158 valence electrons. The van der Waals surface area contributed by atoms with E-state index in [-0.39, 0.29) is 0 Å². The summed E-state index contributed by atoms with van der Waals surface area (Å²) in [7, 11) is 0. The number of nitrogens with zero attached hydrogens (tertiary/aromatic N) is 2. The lowest BCUT2D eigenvalue weighted by atomic mass is 10.0. The smallest absolute Gasteiger partial charge is 0.333 e. The van der Waals surface area contributed by atoms with Crippen molar-refractivity contribution in [3.8, 4) is 21.9 Å². The number of hydrogen-bond donors (Lipinski definition) is 1. The van der Waals surface area contributed by atoms with Crippen molar-refractivity contribution in [3.63, 3.8) is 0 Å². The third-order valence-electron chi connectivity index (χ3n) is 5.59. The van der Waals surface area contributed by atoms with Gasteiger partial charge in [0, 0.05) is 39.4 Å². The minimum absolute atomic E-state index is 0.406. The molecule has 0 radical (unpaired) electrons. The maximum Gasteiger partial charge on any atom is 0.333 e. The van der Waals surface area contributed by atoms with Crippen LogP contribution in [-0.4, -0.2) is 21.1 Å². The molecule has 0 aliphatic carbocycles. The Labute approximate surface area is 194 Å². The molecule has 0 saturated carbocycles. The summed E-state index contributed by atoms with van der Waals surface area (Å²) in [6.45, 7) is 0.519.